The Kier molecular flexibility index (Phi) is 8.80. The van der Waals surface area contributed by atoms with Crippen LogP contribution in [0.3, 0.4) is 0 Å². The van der Waals surface area contributed by atoms with E-state index in [9.17, 15) is 10.0 Å². The highest BCUT2D eigenvalue weighted by Crippen LogP contribution is 2.66. The maximum atomic E-state index is 11.6. The Labute approximate surface area is 292 Å². The van der Waals surface area contributed by atoms with E-state index in [0.29, 0.717) is 16.7 Å². The third kappa shape index (κ3) is 5.26. The lowest BCUT2D eigenvalue weighted by Crippen LogP contribution is -2.50. The molecule has 0 aromatic rings. The fourth-order valence-corrected chi connectivity index (χ4v) is 13.8. The zero-order chi connectivity index (χ0) is 34.2. The molecule has 2 N–H and O–H groups in total. The van der Waals surface area contributed by atoms with Gasteiger partial charge in [0.2, 0.25) is 5.91 Å². The number of hydrogen-bond acceptors (Lipinski definition) is 3. The smallest absolute Gasteiger partial charge is 0.221 e. The molecule has 0 aliphatic heterocycles. The molecule has 4 nitrogen and oxygen atoms in total. The highest BCUT2D eigenvalue weighted by molar-refractivity contribution is 5.99. The molecule has 0 aromatic heterocycles. The molecule has 0 aromatic carbocycles. The first kappa shape index (κ1) is 34.4. The van der Waals surface area contributed by atoms with Crippen molar-refractivity contribution in [2.24, 2.45) is 74.2 Å². The van der Waals surface area contributed by atoms with Gasteiger partial charge in [0, 0.05) is 18.0 Å². The highest BCUT2D eigenvalue weighted by Gasteiger charge is 2.58. The summed E-state index contributed by atoms with van der Waals surface area (Å²) >= 11 is 0. The maximum absolute atomic E-state index is 11.6. The summed E-state index contributed by atoms with van der Waals surface area (Å²) in [6.45, 7) is 18.4. The molecular weight excluding hydrogens is 588 g/mol. The summed E-state index contributed by atoms with van der Waals surface area (Å²) in [7, 11) is 0. The van der Waals surface area contributed by atoms with Crippen LogP contribution in [0.1, 0.15) is 145 Å². The van der Waals surface area contributed by atoms with Gasteiger partial charge in [0.1, 0.15) is 0 Å². The Balaban J connectivity index is 0.000000152. The summed E-state index contributed by atoms with van der Waals surface area (Å²) in [6, 6.07) is 0. The molecule has 4 fully saturated rings. The molecule has 0 bridgehead atoms. The van der Waals surface area contributed by atoms with Crippen LogP contribution in [0.15, 0.2) is 51.9 Å². The Hall–Kier alpha value is -2.10. The average Bonchev–Trinajstić information content (AvgIpc) is 3.57. The molecule has 0 saturated heterocycles. The van der Waals surface area contributed by atoms with Gasteiger partial charge < -0.3 is 10.5 Å². The first-order valence-electron chi connectivity index (χ1n) is 20.0. The molecule has 4 saturated carbocycles. The number of carbonyl (C=O) groups excluding carboxylic acids is 1. The fraction of sp³-hybridized carbons (Fsp3) is 0.773. The summed E-state index contributed by atoms with van der Waals surface area (Å²) in [5.41, 5.74) is 8.26. The van der Waals surface area contributed by atoms with E-state index in [2.05, 4.69) is 76.3 Å². The van der Waals surface area contributed by atoms with Crippen LogP contribution in [-0.4, -0.2) is 16.8 Å². The Bertz CT molecular complexity index is 1470. The Morgan fingerprint density at radius 3 is 1.67 bits per heavy atom. The van der Waals surface area contributed by atoms with Crippen LogP contribution in [0.25, 0.3) is 0 Å². The molecule has 12 atom stereocenters. The van der Waals surface area contributed by atoms with E-state index in [-0.39, 0.29) is 16.7 Å². The fourth-order valence-electron chi connectivity index (χ4n) is 13.8. The van der Waals surface area contributed by atoms with E-state index in [1.54, 1.807) is 18.1 Å². The summed E-state index contributed by atoms with van der Waals surface area (Å²) in [5.74, 6) is 6.61. The zero-order valence-corrected chi connectivity index (χ0v) is 31.6. The van der Waals surface area contributed by atoms with Crippen LogP contribution in [0.2, 0.25) is 0 Å². The average molecular weight is 655 g/mol. The lowest BCUT2D eigenvalue weighted by Gasteiger charge is -2.57. The molecule has 0 radical (unpaired) electrons. The van der Waals surface area contributed by atoms with Gasteiger partial charge in [-0.2, -0.15) is 0 Å². The lowest BCUT2D eigenvalue weighted by molar-refractivity contribution is -0.118. The summed E-state index contributed by atoms with van der Waals surface area (Å²) in [4.78, 5) is 11.6. The second-order valence-electron chi connectivity index (χ2n) is 19.2. The first-order valence-corrected chi connectivity index (χ1v) is 20.0. The van der Waals surface area contributed by atoms with Gasteiger partial charge in [-0.15, -0.1) is 0 Å². The number of nitrogens with zero attached hydrogens (tertiary/aromatic N) is 1. The van der Waals surface area contributed by atoms with Gasteiger partial charge in [0.25, 0.3) is 0 Å². The monoisotopic (exact) mass is 655 g/mol. The van der Waals surface area contributed by atoms with E-state index in [4.69, 9.17) is 0 Å². The number of oxime groups is 1. The van der Waals surface area contributed by atoms with E-state index < -0.39 is 0 Å². The maximum Gasteiger partial charge on any atom is 0.221 e. The lowest BCUT2D eigenvalue weighted by atomic mass is 9.47. The SMILES string of the molecule is C/C(=N\O)C1=CCC2C3CC=C4C[C@@H](C)CC[C@]4(C)C3CC[C@]12C.CC(=O)NC1=CCC2C3CC=C4C[C@@H](C)CC[C@]4(C)C3CC[C@]12C. The van der Waals surface area contributed by atoms with Crippen molar-refractivity contribution in [3.05, 3.63) is 46.7 Å². The second-order valence-corrected chi connectivity index (χ2v) is 19.2. The molecule has 6 unspecified atom stereocenters. The van der Waals surface area contributed by atoms with Crippen LogP contribution >= 0.6 is 0 Å². The number of nitrogens with one attached hydrogen (secondary N) is 1. The van der Waals surface area contributed by atoms with Gasteiger partial charge in [0.05, 0.1) is 5.71 Å². The quantitative estimate of drug-likeness (QED) is 0.135. The minimum atomic E-state index is 0.0873. The number of rotatable bonds is 2. The normalized spacial score (nSPS) is 47.5. The molecule has 1 amide bonds. The van der Waals surface area contributed by atoms with Crippen LogP contribution < -0.4 is 5.32 Å². The highest BCUT2D eigenvalue weighted by atomic mass is 16.4. The molecule has 8 aliphatic rings. The van der Waals surface area contributed by atoms with E-state index in [0.717, 1.165) is 53.6 Å². The minimum absolute atomic E-state index is 0.0873. The Morgan fingerprint density at radius 2 is 1.15 bits per heavy atom. The number of fused-ring (bicyclic) bond motifs is 10. The Morgan fingerprint density at radius 1 is 0.667 bits per heavy atom. The van der Waals surface area contributed by atoms with Crippen molar-refractivity contribution in [1.82, 2.24) is 5.32 Å². The molecule has 264 valence electrons. The molecule has 8 aliphatic carbocycles. The third-order valence-electron chi connectivity index (χ3n) is 16.7. The third-order valence-corrected chi connectivity index (χ3v) is 16.7. The van der Waals surface area contributed by atoms with Crippen LogP contribution in [0.5, 0.6) is 0 Å². The number of allylic oxidation sites excluding steroid dienone is 8. The van der Waals surface area contributed by atoms with Gasteiger partial charge in [-0.3, -0.25) is 4.79 Å². The minimum Gasteiger partial charge on any atom is -0.411 e. The van der Waals surface area contributed by atoms with Crippen molar-refractivity contribution in [3.8, 4) is 0 Å². The molecule has 4 heteroatoms. The topological polar surface area (TPSA) is 61.7 Å². The van der Waals surface area contributed by atoms with Crippen LogP contribution in [0, 0.1) is 69.0 Å². The van der Waals surface area contributed by atoms with Crippen molar-refractivity contribution in [3.63, 3.8) is 0 Å². The van der Waals surface area contributed by atoms with Gasteiger partial charge in [0.15, 0.2) is 0 Å². The van der Waals surface area contributed by atoms with Gasteiger partial charge in [-0.25, -0.2) is 0 Å². The van der Waals surface area contributed by atoms with E-state index in [1.165, 1.54) is 94.7 Å². The number of hydrogen-bond donors (Lipinski definition) is 2. The van der Waals surface area contributed by atoms with Gasteiger partial charge >= 0.3 is 0 Å². The van der Waals surface area contributed by atoms with Crippen molar-refractivity contribution in [1.29, 1.82) is 0 Å². The van der Waals surface area contributed by atoms with Gasteiger partial charge in [-0.1, -0.05) is 82.1 Å². The van der Waals surface area contributed by atoms with Gasteiger partial charge in [-0.05, 0) is 166 Å². The number of amides is 1. The second kappa shape index (κ2) is 12.3. The first-order chi connectivity index (χ1) is 22.7. The van der Waals surface area contributed by atoms with E-state index in [1.807, 2.05) is 6.92 Å². The standard InChI is InChI=1S/2C22H33NO/c1-14-9-11-21(3)16(13-14)5-6-17-18-7-8-20(23-15(2)24)22(18,4)12-10-19(17)21;1-14-9-11-21(3)16(13-14)5-6-17-19-8-7-18(15(2)23-24)22(19,4)12-10-20(17)21/h5,8,14,17-19H,6-7,9-13H2,1-4H3,(H,23,24);5,7,14,17,19-20,24H,6,8-13H2,1-4H3/b;23-15+/t14-,17?,18?,19?,21-,22-;14-,17?,19?,20?,21-,22+/m00/s1. The van der Waals surface area contributed by atoms with Crippen LogP contribution in [-0.2, 0) is 4.79 Å². The van der Waals surface area contributed by atoms with E-state index >= 15 is 0 Å². The predicted molar refractivity (Wildman–Crippen MR) is 197 cm³/mol. The van der Waals surface area contributed by atoms with Crippen molar-refractivity contribution >= 4 is 11.6 Å². The molecule has 8 rings (SSSR count). The molecular formula is C44H66N2O2. The molecule has 0 spiro atoms. The summed E-state index contributed by atoms with van der Waals surface area (Å²) < 4.78 is 0. The van der Waals surface area contributed by atoms with Crippen molar-refractivity contribution < 1.29 is 10.0 Å². The van der Waals surface area contributed by atoms with Crippen molar-refractivity contribution in [2.75, 3.05) is 0 Å². The molecule has 48 heavy (non-hydrogen) atoms. The largest absolute Gasteiger partial charge is 0.411 e. The van der Waals surface area contributed by atoms with Crippen LogP contribution in [0.4, 0.5) is 0 Å². The zero-order valence-electron chi connectivity index (χ0n) is 31.6. The van der Waals surface area contributed by atoms with Crippen molar-refractivity contribution in [2.45, 2.75) is 145 Å². The number of carbonyl (C=O) groups is 1. The summed E-state index contributed by atoms with van der Waals surface area (Å²) in [6.07, 6.45) is 28.3. The summed E-state index contributed by atoms with van der Waals surface area (Å²) in [5, 5.41) is 16.0. The predicted octanol–water partition coefficient (Wildman–Crippen LogP) is 11.2. The molecule has 0 heterocycles.